The molecule has 1 atom stereocenters. The van der Waals surface area contributed by atoms with E-state index >= 15 is 0 Å². The summed E-state index contributed by atoms with van der Waals surface area (Å²) in [5.74, 6) is -0.600. The summed E-state index contributed by atoms with van der Waals surface area (Å²) in [4.78, 5) is 23.9. The van der Waals surface area contributed by atoms with Gasteiger partial charge in [-0.05, 0) is 77.0 Å². The lowest BCUT2D eigenvalue weighted by Crippen LogP contribution is -2.25. The molecule has 254 valence electrons. The number of hydrogen-bond acceptors (Lipinski definition) is 5. The summed E-state index contributed by atoms with van der Waals surface area (Å²) >= 11 is 0. The summed E-state index contributed by atoms with van der Waals surface area (Å²) in [7, 11) is 0. The predicted molar refractivity (Wildman–Crippen MR) is 187 cm³/mol. The second kappa shape index (κ2) is 35.3. The van der Waals surface area contributed by atoms with Gasteiger partial charge in [-0.1, -0.05) is 127 Å². The van der Waals surface area contributed by atoms with Crippen molar-refractivity contribution < 1.29 is 24.2 Å². The lowest BCUT2D eigenvalue weighted by atomic mass is 10.1. The van der Waals surface area contributed by atoms with Crippen molar-refractivity contribution >= 4 is 11.9 Å². The van der Waals surface area contributed by atoms with Crippen molar-refractivity contribution in [2.24, 2.45) is 0 Å². The SMILES string of the molecule is CCCCCC=CCC=CCCCCCCCC(=O)OCC(O)COC(=O)CCCCCCC/C=C\C/C=C\CCCCC. The van der Waals surface area contributed by atoms with Crippen LogP contribution >= 0.6 is 0 Å². The Balaban J connectivity index is 3.51. The van der Waals surface area contributed by atoms with E-state index in [0.717, 1.165) is 64.2 Å². The van der Waals surface area contributed by atoms with Crippen LogP contribution in [0.2, 0.25) is 0 Å². The molecule has 0 bridgehead atoms. The molecule has 5 heteroatoms. The molecular formula is C39H68O5. The number of esters is 2. The number of aliphatic hydroxyl groups excluding tert-OH is 1. The van der Waals surface area contributed by atoms with Gasteiger partial charge in [-0.2, -0.15) is 0 Å². The molecule has 0 heterocycles. The van der Waals surface area contributed by atoms with E-state index in [-0.39, 0.29) is 25.2 Å². The van der Waals surface area contributed by atoms with Crippen molar-refractivity contribution in [2.45, 2.75) is 174 Å². The number of unbranched alkanes of at least 4 members (excludes halogenated alkanes) is 16. The maximum absolute atomic E-state index is 11.9. The first-order valence-corrected chi connectivity index (χ1v) is 18.2. The van der Waals surface area contributed by atoms with Gasteiger partial charge < -0.3 is 14.6 Å². The molecule has 0 spiro atoms. The van der Waals surface area contributed by atoms with Crippen LogP contribution in [0.3, 0.4) is 0 Å². The number of ether oxygens (including phenoxy) is 2. The number of carbonyl (C=O) groups is 2. The van der Waals surface area contributed by atoms with Crippen molar-refractivity contribution in [3.63, 3.8) is 0 Å². The number of carbonyl (C=O) groups excluding carboxylic acids is 2. The second-order valence-electron chi connectivity index (χ2n) is 12.0. The van der Waals surface area contributed by atoms with Crippen LogP contribution in [-0.4, -0.2) is 36.4 Å². The van der Waals surface area contributed by atoms with Crippen LogP contribution in [0.25, 0.3) is 0 Å². The molecule has 0 saturated heterocycles. The van der Waals surface area contributed by atoms with E-state index in [4.69, 9.17) is 9.47 Å². The highest BCUT2D eigenvalue weighted by Crippen LogP contribution is 2.10. The van der Waals surface area contributed by atoms with E-state index in [2.05, 4.69) is 62.5 Å². The number of rotatable bonds is 32. The van der Waals surface area contributed by atoms with E-state index in [1.807, 2.05) is 0 Å². The molecule has 0 aromatic carbocycles. The summed E-state index contributed by atoms with van der Waals surface area (Å²) in [5, 5.41) is 9.98. The zero-order valence-electron chi connectivity index (χ0n) is 28.7. The fourth-order valence-electron chi connectivity index (χ4n) is 4.73. The van der Waals surface area contributed by atoms with E-state index in [0.29, 0.717) is 12.8 Å². The Hall–Kier alpha value is -2.14. The Labute approximate surface area is 271 Å². The van der Waals surface area contributed by atoms with Gasteiger partial charge >= 0.3 is 11.9 Å². The molecule has 5 nitrogen and oxygen atoms in total. The van der Waals surface area contributed by atoms with E-state index in [1.54, 1.807) is 0 Å². The van der Waals surface area contributed by atoms with Crippen molar-refractivity contribution in [2.75, 3.05) is 13.2 Å². The molecule has 0 aliphatic heterocycles. The van der Waals surface area contributed by atoms with Crippen molar-refractivity contribution in [1.29, 1.82) is 0 Å². The number of aliphatic hydroxyl groups is 1. The normalized spacial score (nSPS) is 12.7. The molecule has 0 rings (SSSR count). The molecule has 0 aliphatic rings. The number of allylic oxidation sites excluding steroid dienone is 8. The molecule has 44 heavy (non-hydrogen) atoms. The third-order valence-electron chi connectivity index (χ3n) is 7.54. The summed E-state index contributed by atoms with van der Waals surface area (Å²) in [6, 6.07) is 0. The molecule has 0 aromatic rings. The smallest absolute Gasteiger partial charge is 0.305 e. The third kappa shape index (κ3) is 34.4. The molecule has 0 radical (unpaired) electrons. The Morgan fingerprint density at radius 1 is 0.477 bits per heavy atom. The first kappa shape index (κ1) is 41.9. The Morgan fingerprint density at radius 3 is 1.16 bits per heavy atom. The molecule has 0 aromatic heterocycles. The molecule has 0 saturated carbocycles. The monoisotopic (exact) mass is 617 g/mol. The van der Waals surface area contributed by atoms with Crippen molar-refractivity contribution in [3.05, 3.63) is 48.6 Å². The maximum atomic E-state index is 11.9. The van der Waals surface area contributed by atoms with Crippen LogP contribution in [0.4, 0.5) is 0 Å². The Morgan fingerprint density at radius 2 is 0.795 bits per heavy atom. The van der Waals surface area contributed by atoms with Crippen molar-refractivity contribution in [1.82, 2.24) is 0 Å². The molecule has 0 fully saturated rings. The van der Waals surface area contributed by atoms with Crippen LogP contribution in [0.15, 0.2) is 48.6 Å². The zero-order chi connectivity index (χ0) is 32.2. The summed E-state index contributed by atoms with van der Waals surface area (Å²) < 4.78 is 10.3. The molecular weight excluding hydrogens is 548 g/mol. The average molecular weight is 617 g/mol. The van der Waals surface area contributed by atoms with Gasteiger partial charge in [0.2, 0.25) is 0 Å². The second-order valence-corrected chi connectivity index (χ2v) is 12.0. The van der Waals surface area contributed by atoms with Gasteiger partial charge in [-0.3, -0.25) is 9.59 Å². The highest BCUT2D eigenvalue weighted by atomic mass is 16.6. The first-order chi connectivity index (χ1) is 21.6. The average Bonchev–Trinajstić information content (AvgIpc) is 3.02. The molecule has 1 N–H and O–H groups in total. The summed E-state index contributed by atoms with van der Waals surface area (Å²) in [6.45, 7) is 4.21. The van der Waals surface area contributed by atoms with Gasteiger partial charge in [0, 0.05) is 12.8 Å². The minimum Gasteiger partial charge on any atom is -0.463 e. The van der Waals surface area contributed by atoms with Crippen LogP contribution in [-0.2, 0) is 19.1 Å². The highest BCUT2D eigenvalue weighted by Gasteiger charge is 2.12. The lowest BCUT2D eigenvalue weighted by molar-refractivity contribution is -0.152. The minimum atomic E-state index is -0.975. The fraction of sp³-hybridized carbons (Fsp3) is 0.744. The zero-order valence-corrected chi connectivity index (χ0v) is 28.7. The van der Waals surface area contributed by atoms with Gasteiger partial charge in [0.15, 0.2) is 0 Å². The third-order valence-corrected chi connectivity index (χ3v) is 7.54. The van der Waals surface area contributed by atoms with Gasteiger partial charge in [-0.25, -0.2) is 0 Å². The minimum absolute atomic E-state index is 0.129. The van der Waals surface area contributed by atoms with Gasteiger partial charge in [0.05, 0.1) is 0 Å². The quantitative estimate of drug-likeness (QED) is 0.0462. The maximum Gasteiger partial charge on any atom is 0.305 e. The molecule has 0 amide bonds. The topological polar surface area (TPSA) is 72.8 Å². The van der Waals surface area contributed by atoms with Crippen LogP contribution < -0.4 is 0 Å². The fourth-order valence-corrected chi connectivity index (χ4v) is 4.73. The van der Waals surface area contributed by atoms with Gasteiger partial charge in [0.25, 0.3) is 0 Å². The van der Waals surface area contributed by atoms with Gasteiger partial charge in [0.1, 0.15) is 19.3 Å². The number of hydrogen-bond donors (Lipinski definition) is 1. The summed E-state index contributed by atoms with van der Waals surface area (Å²) in [6.07, 6.45) is 42.9. The van der Waals surface area contributed by atoms with Crippen LogP contribution in [0.5, 0.6) is 0 Å². The largest absolute Gasteiger partial charge is 0.463 e. The van der Waals surface area contributed by atoms with Gasteiger partial charge in [-0.15, -0.1) is 0 Å². The van der Waals surface area contributed by atoms with Crippen molar-refractivity contribution in [3.8, 4) is 0 Å². The standard InChI is InChI=1S/C39H68O5/c1-3-5-7-9-11-13-15-17-19-21-23-25-27-29-31-33-38(41)43-35-37(40)36-44-39(42)34-32-30-28-26-24-22-20-18-16-14-12-10-8-6-4-2/h11-14,17-20,37,40H,3-10,15-16,21-36H2,1-2H3/b13-11-,14-12?,19-17-,20-18?. The van der Waals surface area contributed by atoms with E-state index < -0.39 is 6.10 Å². The highest BCUT2D eigenvalue weighted by molar-refractivity contribution is 5.69. The first-order valence-electron chi connectivity index (χ1n) is 18.2. The van der Waals surface area contributed by atoms with E-state index in [1.165, 1.54) is 77.0 Å². The lowest BCUT2D eigenvalue weighted by Gasteiger charge is -2.12. The molecule has 1 unspecified atom stereocenters. The Bertz CT molecular complexity index is 690. The van der Waals surface area contributed by atoms with E-state index in [9.17, 15) is 14.7 Å². The molecule has 0 aliphatic carbocycles. The summed E-state index contributed by atoms with van der Waals surface area (Å²) in [5.41, 5.74) is 0. The predicted octanol–water partition coefficient (Wildman–Crippen LogP) is 11.1. The van der Waals surface area contributed by atoms with Crippen LogP contribution in [0, 0.1) is 0 Å². The van der Waals surface area contributed by atoms with Crippen LogP contribution in [0.1, 0.15) is 168 Å². The Kier molecular flexibility index (Phi) is 33.6.